The van der Waals surface area contributed by atoms with E-state index in [9.17, 15) is 19.0 Å². The molecular weight excluding hydrogens is 954 g/mol. The summed E-state index contributed by atoms with van der Waals surface area (Å²) in [6.45, 7) is 4.32. The van der Waals surface area contributed by atoms with Crippen molar-refractivity contribution in [1.29, 1.82) is 0 Å². The summed E-state index contributed by atoms with van der Waals surface area (Å²) in [7, 11) is 1.19. The number of carbonyl (C=O) groups is 2. The molecule has 0 aliphatic heterocycles. The monoisotopic (exact) mass is 1080 g/mol. The molecule has 10 heteroatoms. The minimum Gasteiger partial charge on any atom is -0.756 e. The average molecular weight is 1080 g/mol. The number of unbranched alkanes of at least 4 members (excludes halogenated alkanes) is 49. The predicted molar refractivity (Wildman–Crippen MR) is 319 cm³/mol. The highest BCUT2D eigenvalue weighted by Gasteiger charge is 2.22. The van der Waals surface area contributed by atoms with Crippen molar-refractivity contribution in [3.63, 3.8) is 0 Å². The Morgan fingerprint density at radius 2 is 0.600 bits per heavy atom. The highest BCUT2D eigenvalue weighted by atomic mass is 31.2. The molecule has 2 unspecified atom stereocenters. The Morgan fingerprint density at radius 1 is 0.360 bits per heavy atom. The Kier molecular flexibility index (Phi) is 56.9. The normalized spacial score (nSPS) is 13.1. The van der Waals surface area contributed by atoms with E-state index in [0.717, 1.165) is 32.1 Å². The lowest BCUT2D eigenvalue weighted by molar-refractivity contribution is -0.870. The van der Waals surface area contributed by atoms with Crippen LogP contribution in [0.5, 0.6) is 0 Å². The molecule has 0 saturated heterocycles. The molecule has 75 heavy (non-hydrogen) atoms. The molecule has 9 nitrogen and oxygen atoms in total. The lowest BCUT2D eigenvalue weighted by Gasteiger charge is -2.28. The molecule has 0 radical (unpaired) electrons. The van der Waals surface area contributed by atoms with Crippen LogP contribution in [-0.4, -0.2) is 70.0 Å². The molecule has 0 aliphatic carbocycles. The zero-order valence-corrected chi connectivity index (χ0v) is 51.9. The van der Waals surface area contributed by atoms with Gasteiger partial charge in [0, 0.05) is 12.8 Å². The number of esters is 2. The Hall–Kier alpha value is -0.990. The van der Waals surface area contributed by atoms with Gasteiger partial charge in [0.15, 0.2) is 6.10 Å². The van der Waals surface area contributed by atoms with Crippen molar-refractivity contribution in [2.24, 2.45) is 0 Å². The van der Waals surface area contributed by atoms with E-state index in [0.29, 0.717) is 17.4 Å². The maximum absolute atomic E-state index is 12.8. The summed E-state index contributed by atoms with van der Waals surface area (Å²) in [4.78, 5) is 37.9. The van der Waals surface area contributed by atoms with Crippen molar-refractivity contribution in [3.8, 4) is 0 Å². The molecule has 0 saturated carbocycles. The van der Waals surface area contributed by atoms with Crippen LogP contribution in [0, 0.1) is 0 Å². The van der Waals surface area contributed by atoms with Gasteiger partial charge >= 0.3 is 11.9 Å². The second-order valence-corrected chi connectivity index (χ2v) is 25.6. The van der Waals surface area contributed by atoms with E-state index in [-0.39, 0.29) is 32.0 Å². The number of hydrogen-bond acceptors (Lipinski definition) is 8. The van der Waals surface area contributed by atoms with Gasteiger partial charge in [-0.15, -0.1) is 0 Å². The molecule has 0 heterocycles. The molecule has 0 aromatic rings. The van der Waals surface area contributed by atoms with Crippen molar-refractivity contribution in [3.05, 3.63) is 0 Å². The van der Waals surface area contributed by atoms with E-state index in [1.807, 2.05) is 21.1 Å². The van der Waals surface area contributed by atoms with Gasteiger partial charge in [0.1, 0.15) is 19.8 Å². The Labute approximate surface area is 467 Å². The third kappa shape index (κ3) is 62.1. The topological polar surface area (TPSA) is 111 Å². The fraction of sp³-hybridized carbons (Fsp3) is 0.969. The van der Waals surface area contributed by atoms with Gasteiger partial charge in [-0.05, 0) is 12.8 Å². The van der Waals surface area contributed by atoms with Crippen LogP contribution >= 0.6 is 7.82 Å². The summed E-state index contributed by atoms with van der Waals surface area (Å²) in [5.41, 5.74) is 0. The average Bonchev–Trinajstić information content (AvgIpc) is 3.37. The van der Waals surface area contributed by atoms with Gasteiger partial charge in [-0.25, -0.2) is 0 Å². The first-order chi connectivity index (χ1) is 36.5. The van der Waals surface area contributed by atoms with Gasteiger partial charge in [0.2, 0.25) is 0 Å². The van der Waals surface area contributed by atoms with Crippen molar-refractivity contribution < 1.29 is 42.1 Å². The van der Waals surface area contributed by atoms with E-state index in [2.05, 4.69) is 13.8 Å². The van der Waals surface area contributed by atoms with E-state index < -0.39 is 26.5 Å². The molecule has 0 aromatic carbocycles. The predicted octanol–water partition coefficient (Wildman–Crippen LogP) is 20.4. The molecule has 0 aromatic heterocycles. The van der Waals surface area contributed by atoms with Crippen molar-refractivity contribution >= 4 is 19.8 Å². The lowest BCUT2D eigenvalue weighted by Crippen LogP contribution is -2.37. The molecule has 2 atom stereocenters. The van der Waals surface area contributed by atoms with Crippen LogP contribution < -0.4 is 4.89 Å². The molecule has 0 fully saturated rings. The van der Waals surface area contributed by atoms with Gasteiger partial charge in [0.25, 0.3) is 7.82 Å². The fourth-order valence-corrected chi connectivity index (χ4v) is 11.0. The zero-order valence-electron chi connectivity index (χ0n) is 51.0. The maximum atomic E-state index is 12.8. The number of rotatable bonds is 63. The van der Waals surface area contributed by atoms with Crippen LogP contribution in [0.3, 0.4) is 0 Å². The standard InChI is InChI=1S/C65H130NO8P/c1-6-8-10-12-14-16-18-20-22-24-26-27-28-29-30-31-32-33-34-35-36-37-38-39-40-42-44-46-48-50-52-54-56-58-65(68)74-63(62-73-75(69,70)72-60-59-66(3,4)5)61-71-64(67)57-55-53-51-49-47-45-43-41-25-23-21-19-17-15-13-11-9-7-2/h63H,6-62H2,1-5H3. The SMILES string of the molecule is CCCCCCCCCCCCCCCCCCCCCCCCCCCCCCCCCCCC(=O)OC(COC(=O)CCCCCCCCCCCCCCCCCCCC)COP(=O)([O-])OCC[N+](C)(C)C. The maximum Gasteiger partial charge on any atom is 0.306 e. The van der Waals surface area contributed by atoms with Crippen LogP contribution in [0.15, 0.2) is 0 Å². The first-order valence-corrected chi connectivity index (χ1v) is 34.7. The molecular formula is C65H130NO8P. The minimum absolute atomic E-state index is 0.0250. The van der Waals surface area contributed by atoms with Crippen molar-refractivity contribution in [2.45, 2.75) is 360 Å². The number of likely N-dealkylation sites (N-methyl/N-ethyl adjacent to an activating group) is 1. The summed E-state index contributed by atoms with van der Waals surface area (Å²) in [6.07, 6.45) is 67.6. The number of phosphoric acid groups is 1. The van der Waals surface area contributed by atoms with E-state index in [1.165, 1.54) is 289 Å². The lowest BCUT2D eigenvalue weighted by atomic mass is 10.0. The Balaban J connectivity index is 3.94. The van der Waals surface area contributed by atoms with Crippen LogP contribution in [0.4, 0.5) is 0 Å². The van der Waals surface area contributed by atoms with Gasteiger partial charge in [0.05, 0.1) is 27.7 Å². The quantitative estimate of drug-likeness (QED) is 0.0256. The second kappa shape index (κ2) is 57.7. The van der Waals surface area contributed by atoms with Crippen LogP contribution in [0.2, 0.25) is 0 Å². The summed E-state index contributed by atoms with van der Waals surface area (Å²) in [5.74, 6) is -0.806. The highest BCUT2D eigenvalue weighted by Crippen LogP contribution is 2.38. The molecule has 0 N–H and O–H groups in total. The van der Waals surface area contributed by atoms with Crippen molar-refractivity contribution in [2.75, 3.05) is 47.5 Å². The Bertz CT molecular complexity index is 1230. The van der Waals surface area contributed by atoms with Crippen molar-refractivity contribution in [1.82, 2.24) is 0 Å². The number of quaternary nitrogens is 1. The van der Waals surface area contributed by atoms with Crippen LogP contribution in [0.1, 0.15) is 354 Å². The first kappa shape index (κ1) is 74.0. The molecule has 0 spiro atoms. The molecule has 0 bridgehead atoms. The van der Waals surface area contributed by atoms with Gasteiger partial charge in [-0.2, -0.15) is 0 Å². The summed E-state index contributed by atoms with van der Waals surface area (Å²) in [5, 5.41) is 0. The third-order valence-corrected chi connectivity index (χ3v) is 16.3. The number of hydrogen-bond donors (Lipinski definition) is 0. The summed E-state index contributed by atoms with van der Waals surface area (Å²) >= 11 is 0. The number of carbonyl (C=O) groups excluding carboxylic acids is 2. The van der Waals surface area contributed by atoms with Gasteiger partial charge in [-0.3, -0.25) is 14.2 Å². The van der Waals surface area contributed by atoms with E-state index in [1.54, 1.807) is 0 Å². The van der Waals surface area contributed by atoms with Crippen LogP contribution in [-0.2, 0) is 32.7 Å². The second-order valence-electron chi connectivity index (χ2n) is 24.2. The number of nitrogens with zero attached hydrogens (tertiary/aromatic N) is 1. The highest BCUT2D eigenvalue weighted by molar-refractivity contribution is 7.45. The minimum atomic E-state index is -4.63. The van der Waals surface area contributed by atoms with E-state index in [4.69, 9.17) is 18.5 Å². The summed E-state index contributed by atoms with van der Waals surface area (Å²) < 4.78 is 34.3. The van der Waals surface area contributed by atoms with E-state index >= 15 is 0 Å². The molecule has 0 amide bonds. The fourth-order valence-electron chi connectivity index (χ4n) is 10.3. The Morgan fingerprint density at radius 3 is 0.853 bits per heavy atom. The van der Waals surface area contributed by atoms with Gasteiger partial charge in [-0.1, -0.05) is 328 Å². The molecule has 0 aliphatic rings. The third-order valence-electron chi connectivity index (χ3n) is 15.4. The molecule has 0 rings (SSSR count). The smallest absolute Gasteiger partial charge is 0.306 e. The number of phosphoric ester groups is 1. The van der Waals surface area contributed by atoms with Gasteiger partial charge < -0.3 is 27.9 Å². The number of ether oxygens (including phenoxy) is 2. The zero-order chi connectivity index (χ0) is 54.9. The molecule has 448 valence electrons. The largest absolute Gasteiger partial charge is 0.756 e. The van der Waals surface area contributed by atoms with Crippen LogP contribution in [0.25, 0.3) is 0 Å². The summed E-state index contributed by atoms with van der Waals surface area (Å²) in [6, 6.07) is 0. The first-order valence-electron chi connectivity index (χ1n) is 33.2.